The SMILES string of the molecule is CCCCOC(=O)c1cc(NC(=O)CN2C(=O)S/C(=C\c3ccc(OC(=O)C45CC6CC(CC(C6)C4)C5)c(OC)c3)C2=O)ccc1Cl. The number of amides is 3. The highest BCUT2D eigenvalue weighted by Crippen LogP contribution is 2.60. The molecule has 4 saturated carbocycles. The van der Waals surface area contributed by atoms with Crippen LogP contribution in [0.2, 0.25) is 5.02 Å². The smallest absolute Gasteiger partial charge is 0.339 e. The van der Waals surface area contributed by atoms with E-state index in [2.05, 4.69) is 5.32 Å². The topological polar surface area (TPSA) is 128 Å². The van der Waals surface area contributed by atoms with Crippen LogP contribution in [0.5, 0.6) is 11.5 Å². The summed E-state index contributed by atoms with van der Waals surface area (Å²) < 4.78 is 16.7. The molecule has 2 aromatic rings. The molecule has 1 aliphatic heterocycles. The van der Waals surface area contributed by atoms with E-state index in [1.54, 1.807) is 18.2 Å². The maximum absolute atomic E-state index is 13.5. The van der Waals surface area contributed by atoms with Crippen molar-refractivity contribution in [3.05, 3.63) is 57.5 Å². The largest absolute Gasteiger partial charge is 0.493 e. The molecule has 7 rings (SSSR count). The van der Waals surface area contributed by atoms with Crippen LogP contribution in [0.4, 0.5) is 10.5 Å². The molecule has 1 heterocycles. The number of halogens is 1. The Morgan fingerprint density at radius 3 is 2.38 bits per heavy atom. The quantitative estimate of drug-likeness (QED) is 0.114. The summed E-state index contributed by atoms with van der Waals surface area (Å²) in [5, 5.41) is 2.18. The zero-order valence-corrected chi connectivity index (χ0v) is 27.9. The van der Waals surface area contributed by atoms with Crippen LogP contribution in [-0.4, -0.2) is 54.2 Å². The second-order valence-corrected chi connectivity index (χ2v) is 14.4. The number of unbranched alkanes of at least 4 members (excludes halogenated alkanes) is 1. The lowest BCUT2D eigenvalue weighted by atomic mass is 9.49. The molecule has 0 aromatic heterocycles. The summed E-state index contributed by atoms with van der Waals surface area (Å²) in [4.78, 5) is 65.6. The average molecular weight is 681 g/mol. The number of thioether (sulfide) groups is 1. The fraction of sp³-hybridized carbons (Fsp3) is 0.457. The van der Waals surface area contributed by atoms with Crippen molar-refractivity contribution >= 4 is 64.1 Å². The van der Waals surface area contributed by atoms with Gasteiger partial charge < -0.3 is 19.5 Å². The van der Waals surface area contributed by atoms with Gasteiger partial charge in [0.15, 0.2) is 11.5 Å². The van der Waals surface area contributed by atoms with Gasteiger partial charge in [-0.2, -0.15) is 0 Å². The van der Waals surface area contributed by atoms with Crippen molar-refractivity contribution in [2.75, 3.05) is 25.6 Å². The summed E-state index contributed by atoms with van der Waals surface area (Å²) in [6.45, 7) is 1.70. The van der Waals surface area contributed by atoms with Crippen molar-refractivity contribution in [1.82, 2.24) is 4.90 Å². The summed E-state index contributed by atoms with van der Waals surface area (Å²) in [7, 11) is 1.48. The minimum atomic E-state index is -0.631. The maximum Gasteiger partial charge on any atom is 0.339 e. The molecule has 12 heteroatoms. The van der Waals surface area contributed by atoms with Crippen LogP contribution in [-0.2, 0) is 19.1 Å². The normalized spacial score (nSPS) is 25.3. The lowest BCUT2D eigenvalue weighted by molar-refractivity contribution is -0.161. The van der Waals surface area contributed by atoms with Crippen molar-refractivity contribution < 1.29 is 38.2 Å². The standard InChI is InChI=1S/C35H37ClN2O8S/c1-3-4-9-45-32(41)25-15-24(6-7-26(25)36)37-30(39)19-38-31(40)29(47-34(38)43)14-20-5-8-27(28(13-20)44-2)46-33(42)35-16-21-10-22(17-35)12-23(11-21)18-35/h5-8,13-15,21-23H,3-4,9-12,16-19H2,1-2H3,(H,37,39)/b29-14-. The predicted octanol–water partition coefficient (Wildman–Crippen LogP) is 7.10. The third-order valence-electron chi connectivity index (χ3n) is 9.54. The molecular weight excluding hydrogens is 644 g/mol. The van der Waals surface area contributed by atoms with Crippen molar-refractivity contribution in [2.24, 2.45) is 23.2 Å². The summed E-state index contributed by atoms with van der Waals surface area (Å²) >= 11 is 6.87. The van der Waals surface area contributed by atoms with Crippen molar-refractivity contribution in [1.29, 1.82) is 0 Å². The molecule has 0 radical (unpaired) electrons. The van der Waals surface area contributed by atoms with Crippen molar-refractivity contribution in [2.45, 2.75) is 58.3 Å². The molecule has 5 fully saturated rings. The molecule has 2 aromatic carbocycles. The third-order valence-corrected chi connectivity index (χ3v) is 10.8. The van der Waals surface area contributed by atoms with Crippen LogP contribution in [0.15, 0.2) is 41.3 Å². The highest BCUT2D eigenvalue weighted by molar-refractivity contribution is 8.18. The number of carbonyl (C=O) groups excluding carboxylic acids is 5. The summed E-state index contributed by atoms with van der Waals surface area (Å²) in [6.07, 6.45) is 9.44. The van der Waals surface area contributed by atoms with Gasteiger partial charge >= 0.3 is 11.9 Å². The first kappa shape index (κ1) is 33.1. The number of hydrogen-bond donors (Lipinski definition) is 1. The first-order chi connectivity index (χ1) is 22.6. The first-order valence-corrected chi connectivity index (χ1v) is 17.2. The van der Waals surface area contributed by atoms with Crippen LogP contribution < -0.4 is 14.8 Å². The summed E-state index contributed by atoms with van der Waals surface area (Å²) in [6, 6.07) is 9.33. The maximum atomic E-state index is 13.5. The van der Waals surface area contributed by atoms with Gasteiger partial charge in [-0.3, -0.25) is 24.1 Å². The van der Waals surface area contributed by atoms with Crippen LogP contribution in [0, 0.1) is 23.2 Å². The number of esters is 2. The van der Waals surface area contributed by atoms with Crippen LogP contribution in [0.25, 0.3) is 6.08 Å². The van der Waals surface area contributed by atoms with E-state index in [0.29, 0.717) is 53.0 Å². The van der Waals surface area contributed by atoms with E-state index in [1.165, 1.54) is 50.6 Å². The Labute approximate surface area is 282 Å². The average Bonchev–Trinajstić information content (AvgIpc) is 3.29. The van der Waals surface area contributed by atoms with Crippen molar-refractivity contribution in [3.63, 3.8) is 0 Å². The van der Waals surface area contributed by atoms with E-state index >= 15 is 0 Å². The molecular formula is C35H37ClN2O8S. The Hall–Kier alpha value is -3.83. The van der Waals surface area contributed by atoms with Gasteiger partial charge in [-0.1, -0.05) is 31.0 Å². The predicted molar refractivity (Wildman–Crippen MR) is 177 cm³/mol. The summed E-state index contributed by atoms with van der Waals surface area (Å²) in [5.41, 5.74) is 0.504. The zero-order valence-electron chi connectivity index (χ0n) is 26.3. The molecule has 10 nitrogen and oxygen atoms in total. The number of nitrogens with zero attached hydrogens (tertiary/aromatic N) is 1. The molecule has 0 spiro atoms. The second-order valence-electron chi connectivity index (χ2n) is 13.0. The van der Waals surface area contributed by atoms with Crippen LogP contribution in [0.1, 0.15) is 74.2 Å². The Bertz CT molecular complexity index is 1620. The number of hydrogen-bond acceptors (Lipinski definition) is 9. The summed E-state index contributed by atoms with van der Waals surface area (Å²) in [5.74, 6) is 0.421. The number of benzene rings is 2. The first-order valence-electron chi connectivity index (χ1n) is 16.0. The van der Waals surface area contributed by atoms with Gasteiger partial charge in [-0.25, -0.2) is 4.79 Å². The Balaban J connectivity index is 1.09. The van der Waals surface area contributed by atoms with E-state index in [-0.39, 0.29) is 33.8 Å². The number of ether oxygens (including phenoxy) is 3. The number of carbonyl (C=O) groups is 5. The Morgan fingerprint density at radius 2 is 1.72 bits per heavy atom. The molecule has 5 aliphatic rings. The third kappa shape index (κ3) is 7.06. The second kappa shape index (κ2) is 13.7. The minimum absolute atomic E-state index is 0.0960. The van der Waals surface area contributed by atoms with E-state index in [0.717, 1.165) is 30.6 Å². The van der Waals surface area contributed by atoms with Gasteiger partial charge in [0.05, 0.1) is 34.6 Å². The lowest BCUT2D eigenvalue weighted by Crippen LogP contribution is -2.51. The van der Waals surface area contributed by atoms with Crippen molar-refractivity contribution in [3.8, 4) is 11.5 Å². The molecule has 4 bridgehead atoms. The molecule has 0 unspecified atom stereocenters. The highest BCUT2D eigenvalue weighted by atomic mass is 35.5. The van der Waals surface area contributed by atoms with E-state index in [9.17, 15) is 24.0 Å². The van der Waals surface area contributed by atoms with Crippen LogP contribution in [0.3, 0.4) is 0 Å². The van der Waals surface area contributed by atoms with Gasteiger partial charge in [0.25, 0.3) is 11.1 Å². The van der Waals surface area contributed by atoms with E-state index in [1.807, 2.05) is 6.92 Å². The number of nitrogens with one attached hydrogen (secondary N) is 1. The Kier molecular flexibility index (Phi) is 9.66. The van der Waals surface area contributed by atoms with Crippen LogP contribution >= 0.6 is 23.4 Å². The molecule has 1 N–H and O–H groups in total. The Morgan fingerprint density at radius 1 is 1.02 bits per heavy atom. The number of rotatable bonds is 11. The highest BCUT2D eigenvalue weighted by Gasteiger charge is 2.55. The minimum Gasteiger partial charge on any atom is -0.493 e. The monoisotopic (exact) mass is 680 g/mol. The molecule has 248 valence electrons. The molecule has 1 saturated heterocycles. The van der Waals surface area contributed by atoms with E-state index < -0.39 is 35.0 Å². The molecule has 3 amide bonds. The van der Waals surface area contributed by atoms with Gasteiger partial charge in [0, 0.05) is 5.69 Å². The van der Waals surface area contributed by atoms with E-state index in [4.69, 9.17) is 25.8 Å². The number of anilines is 1. The molecule has 47 heavy (non-hydrogen) atoms. The molecule has 0 atom stereocenters. The number of imide groups is 1. The van der Waals surface area contributed by atoms with Gasteiger partial charge in [-0.15, -0.1) is 0 Å². The fourth-order valence-electron chi connectivity index (χ4n) is 7.71. The van der Waals surface area contributed by atoms with Gasteiger partial charge in [0.2, 0.25) is 5.91 Å². The lowest BCUT2D eigenvalue weighted by Gasteiger charge is -2.55. The van der Waals surface area contributed by atoms with Gasteiger partial charge in [-0.05, 0) is 116 Å². The fourth-order valence-corrected chi connectivity index (χ4v) is 8.74. The van der Waals surface area contributed by atoms with Gasteiger partial charge in [0.1, 0.15) is 6.54 Å². The zero-order chi connectivity index (χ0) is 33.3. The molecule has 4 aliphatic carbocycles. The number of methoxy groups -OCH3 is 1.